The van der Waals surface area contributed by atoms with Gasteiger partial charge in [-0.1, -0.05) is 13.3 Å². The highest BCUT2D eigenvalue weighted by molar-refractivity contribution is 5.76. The number of aromatic nitrogens is 3. The number of fused-ring (bicyclic) bond motifs is 1. The number of hydrogen-bond acceptors (Lipinski definition) is 4. The summed E-state index contributed by atoms with van der Waals surface area (Å²) in [6.45, 7) is 2.81. The van der Waals surface area contributed by atoms with Crippen molar-refractivity contribution in [1.29, 1.82) is 5.41 Å². The van der Waals surface area contributed by atoms with Crippen molar-refractivity contribution in [2.75, 3.05) is 12.0 Å². The molecule has 2 heterocycles. The number of nitrogens with one attached hydrogen (secondary N) is 2. The number of nitrogens with zero attached hydrogens (tertiary/aromatic N) is 3. The Kier molecular flexibility index (Phi) is 3.78. The fourth-order valence-electron chi connectivity index (χ4n) is 2.13. The van der Waals surface area contributed by atoms with Gasteiger partial charge in [0.25, 0.3) is 5.56 Å². The van der Waals surface area contributed by atoms with Crippen molar-refractivity contribution in [3.8, 4) is 0 Å². The van der Waals surface area contributed by atoms with E-state index in [1.54, 1.807) is 19.3 Å². The van der Waals surface area contributed by atoms with Crippen molar-refractivity contribution >= 4 is 10.9 Å². The molecule has 0 saturated heterocycles. The van der Waals surface area contributed by atoms with E-state index in [2.05, 4.69) is 12.3 Å². The maximum atomic E-state index is 12.2. The SMILES string of the molecule is CCCCNn1ccc2c(c1=N)c(=O)n(C)c(=O)n2C. The van der Waals surface area contributed by atoms with Crippen LogP contribution in [0.1, 0.15) is 19.8 Å². The van der Waals surface area contributed by atoms with Gasteiger partial charge in [0, 0.05) is 26.8 Å². The van der Waals surface area contributed by atoms with E-state index in [0.717, 1.165) is 24.0 Å². The standard InChI is InChI=1S/C13H19N5O2/c1-4-5-7-15-18-8-6-9-10(11(18)14)12(19)17(3)13(20)16(9)2/h6,8,14-15H,4-5,7H2,1-3H3. The van der Waals surface area contributed by atoms with Crippen molar-refractivity contribution < 1.29 is 0 Å². The van der Waals surface area contributed by atoms with Crippen molar-refractivity contribution in [3.05, 3.63) is 38.6 Å². The van der Waals surface area contributed by atoms with Gasteiger partial charge in [0.05, 0.1) is 5.52 Å². The first-order chi connectivity index (χ1) is 9.49. The Bertz CT molecular complexity index is 812. The summed E-state index contributed by atoms with van der Waals surface area (Å²) in [6, 6.07) is 1.68. The zero-order valence-corrected chi connectivity index (χ0v) is 11.9. The maximum absolute atomic E-state index is 12.2. The van der Waals surface area contributed by atoms with Crippen LogP contribution in [0.2, 0.25) is 0 Å². The van der Waals surface area contributed by atoms with Crippen molar-refractivity contribution in [3.63, 3.8) is 0 Å². The minimum Gasteiger partial charge on any atom is -0.325 e. The van der Waals surface area contributed by atoms with E-state index in [0.29, 0.717) is 5.52 Å². The van der Waals surface area contributed by atoms with E-state index in [1.165, 1.54) is 16.3 Å². The van der Waals surface area contributed by atoms with Gasteiger partial charge in [-0.05, 0) is 12.5 Å². The molecule has 2 rings (SSSR count). The molecular formula is C13H19N5O2. The van der Waals surface area contributed by atoms with Gasteiger partial charge in [0.15, 0.2) is 5.49 Å². The summed E-state index contributed by atoms with van der Waals surface area (Å²) in [6.07, 6.45) is 3.69. The van der Waals surface area contributed by atoms with Gasteiger partial charge in [-0.25, -0.2) is 9.47 Å². The second-order valence-electron chi connectivity index (χ2n) is 4.76. The molecule has 0 saturated carbocycles. The van der Waals surface area contributed by atoms with Crippen molar-refractivity contribution in [2.24, 2.45) is 14.1 Å². The molecule has 0 fully saturated rings. The second-order valence-corrected chi connectivity index (χ2v) is 4.76. The van der Waals surface area contributed by atoms with E-state index in [1.807, 2.05) is 0 Å². The summed E-state index contributed by atoms with van der Waals surface area (Å²) >= 11 is 0. The third kappa shape index (κ3) is 2.15. The lowest BCUT2D eigenvalue weighted by Crippen LogP contribution is -2.41. The molecule has 2 N–H and O–H groups in total. The van der Waals surface area contributed by atoms with Crippen LogP contribution in [0.15, 0.2) is 21.9 Å². The van der Waals surface area contributed by atoms with Gasteiger partial charge in [-0.15, -0.1) is 0 Å². The molecular weight excluding hydrogens is 258 g/mol. The van der Waals surface area contributed by atoms with E-state index < -0.39 is 11.2 Å². The molecule has 0 aromatic carbocycles. The Labute approximate surface area is 115 Å². The first kappa shape index (κ1) is 14.1. The molecule has 0 aliphatic carbocycles. The van der Waals surface area contributed by atoms with Gasteiger partial charge < -0.3 is 5.43 Å². The maximum Gasteiger partial charge on any atom is 0.330 e. The second kappa shape index (κ2) is 5.36. The summed E-state index contributed by atoms with van der Waals surface area (Å²) < 4.78 is 3.92. The predicted molar refractivity (Wildman–Crippen MR) is 77.4 cm³/mol. The first-order valence-corrected chi connectivity index (χ1v) is 6.59. The number of aryl methyl sites for hydroxylation is 1. The van der Waals surface area contributed by atoms with Crippen LogP contribution in [0.5, 0.6) is 0 Å². The van der Waals surface area contributed by atoms with Gasteiger partial charge >= 0.3 is 5.69 Å². The van der Waals surface area contributed by atoms with E-state index in [9.17, 15) is 9.59 Å². The molecule has 7 nitrogen and oxygen atoms in total. The van der Waals surface area contributed by atoms with E-state index >= 15 is 0 Å². The fraction of sp³-hybridized carbons (Fsp3) is 0.462. The van der Waals surface area contributed by atoms with Crippen LogP contribution in [-0.2, 0) is 14.1 Å². The lowest BCUT2D eigenvalue weighted by atomic mass is 10.3. The van der Waals surface area contributed by atoms with E-state index in [-0.39, 0.29) is 10.9 Å². The molecule has 0 aliphatic rings. The number of pyridine rings is 1. The van der Waals surface area contributed by atoms with Gasteiger partial charge in [-0.3, -0.25) is 19.3 Å². The molecule has 0 amide bonds. The highest BCUT2D eigenvalue weighted by Crippen LogP contribution is 2.00. The lowest BCUT2D eigenvalue weighted by Gasteiger charge is -2.13. The molecule has 108 valence electrons. The molecule has 2 aromatic rings. The van der Waals surface area contributed by atoms with Crippen LogP contribution in [0.4, 0.5) is 0 Å². The molecule has 7 heteroatoms. The molecule has 0 radical (unpaired) electrons. The zero-order valence-electron chi connectivity index (χ0n) is 11.9. The highest BCUT2D eigenvalue weighted by atomic mass is 16.2. The summed E-state index contributed by atoms with van der Waals surface area (Å²) in [5.74, 6) is 0. The monoisotopic (exact) mass is 277 g/mol. The summed E-state index contributed by atoms with van der Waals surface area (Å²) in [7, 11) is 3.02. The normalized spacial score (nSPS) is 10.9. The fourth-order valence-corrected chi connectivity index (χ4v) is 2.13. The summed E-state index contributed by atoms with van der Waals surface area (Å²) in [4.78, 5) is 24.0. The average Bonchev–Trinajstić information content (AvgIpc) is 2.44. The predicted octanol–water partition coefficient (Wildman–Crippen LogP) is -0.138. The summed E-state index contributed by atoms with van der Waals surface area (Å²) in [5, 5.41) is 8.39. The molecule has 0 spiro atoms. The van der Waals surface area contributed by atoms with Gasteiger partial charge in [-0.2, -0.15) is 0 Å². The summed E-state index contributed by atoms with van der Waals surface area (Å²) in [5.41, 5.74) is 2.78. The topological polar surface area (TPSA) is 84.8 Å². The molecule has 0 unspecified atom stereocenters. The molecule has 2 aromatic heterocycles. The van der Waals surface area contributed by atoms with Crippen molar-refractivity contribution in [1.82, 2.24) is 13.8 Å². The minimum absolute atomic E-state index is 0.0646. The van der Waals surface area contributed by atoms with Crippen LogP contribution in [-0.4, -0.2) is 20.4 Å². The molecule has 20 heavy (non-hydrogen) atoms. The quantitative estimate of drug-likeness (QED) is 0.763. The number of rotatable bonds is 4. The van der Waals surface area contributed by atoms with Crippen LogP contribution in [0.25, 0.3) is 10.9 Å². The van der Waals surface area contributed by atoms with Gasteiger partial charge in [0.1, 0.15) is 5.39 Å². The lowest BCUT2D eigenvalue weighted by molar-refractivity contribution is 0.696. The first-order valence-electron chi connectivity index (χ1n) is 6.59. The largest absolute Gasteiger partial charge is 0.330 e. The highest BCUT2D eigenvalue weighted by Gasteiger charge is 2.11. The Morgan fingerprint density at radius 1 is 1.25 bits per heavy atom. The Morgan fingerprint density at radius 2 is 1.95 bits per heavy atom. The van der Waals surface area contributed by atoms with Crippen LogP contribution in [0, 0.1) is 5.41 Å². The Morgan fingerprint density at radius 3 is 2.60 bits per heavy atom. The average molecular weight is 277 g/mol. The number of hydrogen-bond donors (Lipinski definition) is 2. The third-order valence-corrected chi connectivity index (χ3v) is 3.38. The molecule has 0 bridgehead atoms. The zero-order chi connectivity index (χ0) is 14.9. The molecule has 0 aliphatic heterocycles. The smallest absolute Gasteiger partial charge is 0.325 e. The third-order valence-electron chi connectivity index (χ3n) is 3.38. The Balaban J connectivity index is 2.71. The van der Waals surface area contributed by atoms with E-state index in [4.69, 9.17) is 5.41 Å². The van der Waals surface area contributed by atoms with Gasteiger partial charge in [0.2, 0.25) is 0 Å². The van der Waals surface area contributed by atoms with Crippen molar-refractivity contribution in [2.45, 2.75) is 19.8 Å². The molecule has 0 atom stereocenters. The minimum atomic E-state index is -0.445. The van der Waals surface area contributed by atoms with Crippen LogP contribution in [0.3, 0.4) is 0 Å². The number of unbranched alkanes of at least 4 members (excludes halogenated alkanes) is 1. The Hall–Kier alpha value is -2.31. The van der Waals surface area contributed by atoms with Crippen LogP contribution >= 0.6 is 0 Å². The van der Waals surface area contributed by atoms with Crippen LogP contribution < -0.4 is 22.2 Å².